The highest BCUT2D eigenvalue weighted by atomic mass is 16.3. The molecule has 3 heterocycles. The van der Waals surface area contributed by atoms with E-state index in [1.54, 1.807) is 0 Å². The molecule has 11 aromatic carbocycles. The Balaban J connectivity index is 0.800. The summed E-state index contributed by atoms with van der Waals surface area (Å²) in [5.41, 5.74) is 19.5. The van der Waals surface area contributed by atoms with Crippen LogP contribution in [0.5, 0.6) is 0 Å². The molecule has 0 saturated heterocycles. The van der Waals surface area contributed by atoms with Crippen molar-refractivity contribution in [2.75, 3.05) is 4.90 Å². The fourth-order valence-electron chi connectivity index (χ4n) is 10.6. The number of fused-ring (bicyclic) bond motifs is 9. The maximum atomic E-state index is 6.45. The van der Waals surface area contributed by atoms with E-state index in [4.69, 9.17) is 8.83 Å². The molecule has 0 unspecified atom stereocenters. The molecule has 14 aromatic rings. The Morgan fingerprint density at radius 3 is 1.37 bits per heavy atom. The summed E-state index contributed by atoms with van der Waals surface area (Å²) in [6.45, 7) is 0. The van der Waals surface area contributed by atoms with E-state index in [1.807, 2.05) is 24.3 Å². The van der Waals surface area contributed by atoms with Gasteiger partial charge in [0.25, 0.3) is 0 Å². The van der Waals surface area contributed by atoms with E-state index >= 15 is 0 Å². The maximum Gasteiger partial charge on any atom is 0.143 e. The van der Waals surface area contributed by atoms with Gasteiger partial charge in [-0.25, -0.2) is 0 Å². The molecule has 0 spiro atoms. The Hall–Kier alpha value is -9.38. The van der Waals surface area contributed by atoms with Gasteiger partial charge in [0, 0.05) is 60.6 Å². The molecule has 70 heavy (non-hydrogen) atoms. The van der Waals surface area contributed by atoms with Crippen molar-refractivity contribution in [2.45, 2.75) is 0 Å². The Labute approximate surface area is 404 Å². The Morgan fingerprint density at radius 2 is 0.714 bits per heavy atom. The summed E-state index contributed by atoms with van der Waals surface area (Å²) in [5, 5.41) is 7.00. The highest BCUT2D eigenvalue weighted by Crippen LogP contribution is 2.42. The first-order valence-electron chi connectivity index (χ1n) is 23.8. The summed E-state index contributed by atoms with van der Waals surface area (Å²) in [6.07, 6.45) is 0. The fourth-order valence-corrected chi connectivity index (χ4v) is 10.6. The van der Waals surface area contributed by atoms with Crippen LogP contribution < -0.4 is 4.90 Å². The van der Waals surface area contributed by atoms with Crippen molar-refractivity contribution in [2.24, 2.45) is 0 Å². The zero-order chi connectivity index (χ0) is 46.1. The van der Waals surface area contributed by atoms with Gasteiger partial charge in [0.1, 0.15) is 22.3 Å². The second kappa shape index (κ2) is 16.2. The predicted octanol–water partition coefficient (Wildman–Crippen LogP) is 18.7. The molecular formula is C66H42N2O2. The molecular weight excluding hydrogens is 853 g/mol. The van der Waals surface area contributed by atoms with Crippen molar-refractivity contribution in [3.8, 4) is 50.2 Å². The number of anilines is 3. The summed E-state index contributed by atoms with van der Waals surface area (Å²) in [6, 6.07) is 91.2. The molecule has 0 bridgehead atoms. The lowest BCUT2D eigenvalue weighted by Gasteiger charge is -2.26. The minimum atomic E-state index is 0.897. The van der Waals surface area contributed by atoms with E-state index in [0.717, 1.165) is 94.4 Å². The third-order valence-corrected chi connectivity index (χ3v) is 14.0. The number of para-hydroxylation sites is 5. The van der Waals surface area contributed by atoms with E-state index in [1.165, 1.54) is 38.5 Å². The largest absolute Gasteiger partial charge is 0.456 e. The number of benzene rings is 11. The molecule has 0 aliphatic carbocycles. The SMILES string of the molecule is c1ccc(-n2c3ccccc3c3cc(-c4ccc(-c5ccc(N(c6ccc(-c7ccc8oc9ccccc9c8c7)cc6)c6ccc(-c7cccc8c7oc7ccccc78)cc6)cc5)cc4)ccc32)cc1. The standard InChI is InChI=1S/C66H42N2O2/c1-2-11-50(12-3-1)68-61-18-7-4-13-55(61)59-41-48(31-39-62(59)68)45-23-21-43(22-24-45)44-25-33-51(34-26-44)67(52-35-27-46(28-36-52)49-32-40-65-60(42-49)57-15-6-8-19-63(57)69-65)53-37-29-47(30-38-53)54-16-10-17-58-56-14-5-9-20-64(56)70-66(54)58/h1-42H. The van der Waals surface area contributed by atoms with Gasteiger partial charge in [-0.05, 0) is 130 Å². The van der Waals surface area contributed by atoms with Crippen LogP contribution in [0.3, 0.4) is 0 Å². The van der Waals surface area contributed by atoms with Crippen molar-refractivity contribution in [3.05, 3.63) is 255 Å². The van der Waals surface area contributed by atoms with Gasteiger partial charge in [0.2, 0.25) is 0 Å². The van der Waals surface area contributed by atoms with E-state index < -0.39 is 0 Å². The Kier molecular flexibility index (Phi) is 9.17. The fraction of sp³-hybridized carbons (Fsp3) is 0. The van der Waals surface area contributed by atoms with Gasteiger partial charge in [0.15, 0.2) is 0 Å². The monoisotopic (exact) mass is 894 g/mol. The van der Waals surface area contributed by atoms with Crippen molar-refractivity contribution in [3.63, 3.8) is 0 Å². The molecule has 0 N–H and O–H groups in total. The topological polar surface area (TPSA) is 34.5 Å². The lowest BCUT2D eigenvalue weighted by atomic mass is 9.98. The minimum absolute atomic E-state index is 0.897. The van der Waals surface area contributed by atoms with Crippen LogP contribution in [0.25, 0.3) is 116 Å². The average molecular weight is 895 g/mol. The normalized spacial score (nSPS) is 11.7. The molecule has 0 saturated carbocycles. The third-order valence-electron chi connectivity index (χ3n) is 14.0. The Morgan fingerprint density at radius 1 is 0.271 bits per heavy atom. The summed E-state index contributed by atoms with van der Waals surface area (Å²) in [5.74, 6) is 0. The first-order valence-corrected chi connectivity index (χ1v) is 23.8. The number of aromatic nitrogens is 1. The van der Waals surface area contributed by atoms with Crippen molar-refractivity contribution >= 4 is 82.7 Å². The van der Waals surface area contributed by atoms with Gasteiger partial charge in [0.05, 0.1) is 11.0 Å². The van der Waals surface area contributed by atoms with Gasteiger partial charge in [-0.3, -0.25) is 0 Å². The molecule has 0 amide bonds. The zero-order valence-corrected chi connectivity index (χ0v) is 38.0. The Bertz CT molecular complexity index is 4260. The number of furan rings is 2. The second-order valence-electron chi connectivity index (χ2n) is 18.1. The van der Waals surface area contributed by atoms with Crippen LogP contribution in [0, 0.1) is 0 Å². The van der Waals surface area contributed by atoms with Crippen LogP contribution in [0.1, 0.15) is 0 Å². The lowest BCUT2D eigenvalue weighted by molar-refractivity contribution is 0.669. The quantitative estimate of drug-likeness (QED) is 0.152. The first-order chi connectivity index (χ1) is 34.7. The summed E-state index contributed by atoms with van der Waals surface area (Å²) in [7, 11) is 0. The molecule has 0 aliphatic heterocycles. The number of rotatable bonds is 8. The van der Waals surface area contributed by atoms with E-state index in [-0.39, 0.29) is 0 Å². The molecule has 0 aliphatic rings. The highest BCUT2D eigenvalue weighted by Gasteiger charge is 2.18. The summed E-state index contributed by atoms with van der Waals surface area (Å²) >= 11 is 0. The first kappa shape index (κ1) is 39.8. The van der Waals surface area contributed by atoms with Gasteiger partial charge < -0.3 is 18.3 Å². The van der Waals surface area contributed by atoms with Crippen molar-refractivity contribution < 1.29 is 8.83 Å². The molecule has 14 rings (SSSR count). The van der Waals surface area contributed by atoms with Crippen LogP contribution in [-0.4, -0.2) is 4.57 Å². The van der Waals surface area contributed by atoms with Crippen LogP contribution >= 0.6 is 0 Å². The van der Waals surface area contributed by atoms with Crippen molar-refractivity contribution in [1.29, 1.82) is 0 Å². The minimum Gasteiger partial charge on any atom is -0.456 e. The third kappa shape index (κ3) is 6.61. The lowest BCUT2D eigenvalue weighted by Crippen LogP contribution is -2.09. The molecule has 3 aromatic heterocycles. The maximum absolute atomic E-state index is 6.45. The summed E-state index contributed by atoms with van der Waals surface area (Å²) in [4.78, 5) is 2.33. The zero-order valence-electron chi connectivity index (χ0n) is 38.0. The molecule has 0 fully saturated rings. The second-order valence-corrected chi connectivity index (χ2v) is 18.1. The molecule has 0 radical (unpaired) electrons. The van der Waals surface area contributed by atoms with E-state index in [9.17, 15) is 0 Å². The smallest absolute Gasteiger partial charge is 0.143 e. The molecule has 4 heteroatoms. The number of nitrogens with zero attached hydrogens (tertiary/aromatic N) is 2. The van der Waals surface area contributed by atoms with Gasteiger partial charge in [-0.1, -0.05) is 164 Å². The van der Waals surface area contributed by atoms with Gasteiger partial charge >= 0.3 is 0 Å². The highest BCUT2D eigenvalue weighted by molar-refractivity contribution is 6.11. The molecule has 0 atom stereocenters. The van der Waals surface area contributed by atoms with Crippen LogP contribution in [-0.2, 0) is 0 Å². The van der Waals surface area contributed by atoms with Gasteiger partial charge in [-0.2, -0.15) is 0 Å². The average Bonchev–Trinajstić information content (AvgIpc) is 4.11. The van der Waals surface area contributed by atoms with Crippen LogP contribution in [0.15, 0.2) is 264 Å². The summed E-state index contributed by atoms with van der Waals surface area (Å²) < 4.78 is 15.0. The number of hydrogen-bond donors (Lipinski definition) is 0. The predicted molar refractivity (Wildman–Crippen MR) is 292 cm³/mol. The molecule has 328 valence electrons. The number of hydrogen-bond acceptors (Lipinski definition) is 3. The van der Waals surface area contributed by atoms with Gasteiger partial charge in [-0.15, -0.1) is 0 Å². The van der Waals surface area contributed by atoms with Crippen molar-refractivity contribution in [1.82, 2.24) is 4.57 Å². The van der Waals surface area contributed by atoms with E-state index in [0.29, 0.717) is 0 Å². The van der Waals surface area contributed by atoms with E-state index in [2.05, 4.69) is 240 Å². The van der Waals surface area contributed by atoms with Crippen LogP contribution in [0.4, 0.5) is 17.1 Å². The molecule has 4 nitrogen and oxygen atoms in total. The van der Waals surface area contributed by atoms with Crippen LogP contribution in [0.2, 0.25) is 0 Å².